The lowest BCUT2D eigenvalue weighted by atomic mass is 10.2. The molecular formula is C12H17FINO2. The third kappa shape index (κ3) is 5.97. The van der Waals surface area contributed by atoms with Crippen LogP contribution in [0.5, 0.6) is 0 Å². The SMILES string of the molecule is C[N+](C)(C)CCOC(=O)c1ccccc1F.[I-]. The van der Waals surface area contributed by atoms with Gasteiger partial charge in [-0.25, -0.2) is 9.18 Å². The zero-order valence-corrected chi connectivity index (χ0v) is 12.4. The third-order valence-corrected chi connectivity index (χ3v) is 2.09. The van der Waals surface area contributed by atoms with Crippen LogP contribution in [-0.2, 0) is 4.74 Å². The van der Waals surface area contributed by atoms with Crippen molar-refractivity contribution in [1.29, 1.82) is 0 Å². The summed E-state index contributed by atoms with van der Waals surface area (Å²) in [5, 5.41) is 0. The highest BCUT2D eigenvalue weighted by molar-refractivity contribution is 5.89. The van der Waals surface area contributed by atoms with E-state index in [4.69, 9.17) is 4.74 Å². The molecule has 3 nitrogen and oxygen atoms in total. The first-order valence-electron chi connectivity index (χ1n) is 5.12. The van der Waals surface area contributed by atoms with E-state index in [0.29, 0.717) is 11.0 Å². The van der Waals surface area contributed by atoms with Crippen LogP contribution in [0.25, 0.3) is 0 Å². The summed E-state index contributed by atoms with van der Waals surface area (Å²) in [5.74, 6) is -1.15. The van der Waals surface area contributed by atoms with Crippen LogP contribution in [-0.4, -0.2) is 44.7 Å². The fraction of sp³-hybridized carbons (Fsp3) is 0.417. The Kier molecular flexibility index (Phi) is 6.62. The van der Waals surface area contributed by atoms with Crippen molar-refractivity contribution in [2.45, 2.75) is 0 Å². The number of carbonyl (C=O) groups excluding carboxylic acids is 1. The van der Waals surface area contributed by atoms with E-state index in [9.17, 15) is 9.18 Å². The summed E-state index contributed by atoms with van der Waals surface area (Å²) >= 11 is 0. The molecule has 0 aromatic heterocycles. The molecule has 0 aliphatic carbocycles. The quantitative estimate of drug-likeness (QED) is 0.382. The van der Waals surface area contributed by atoms with Crippen molar-refractivity contribution in [3.63, 3.8) is 0 Å². The Hall–Kier alpha value is -0.690. The molecule has 96 valence electrons. The number of esters is 1. The maximum atomic E-state index is 13.2. The summed E-state index contributed by atoms with van der Waals surface area (Å²) in [6.07, 6.45) is 0. The van der Waals surface area contributed by atoms with Gasteiger partial charge in [-0.15, -0.1) is 0 Å². The second kappa shape index (κ2) is 6.90. The van der Waals surface area contributed by atoms with Crippen molar-refractivity contribution in [1.82, 2.24) is 0 Å². The molecule has 1 aromatic carbocycles. The van der Waals surface area contributed by atoms with Crippen molar-refractivity contribution < 1.29 is 42.4 Å². The van der Waals surface area contributed by atoms with Crippen molar-refractivity contribution in [3.05, 3.63) is 35.6 Å². The minimum atomic E-state index is -0.605. The first-order chi connectivity index (χ1) is 7.40. The molecular weight excluding hydrogens is 336 g/mol. The monoisotopic (exact) mass is 353 g/mol. The van der Waals surface area contributed by atoms with Gasteiger partial charge in [0, 0.05) is 0 Å². The maximum absolute atomic E-state index is 13.2. The van der Waals surface area contributed by atoms with Crippen LogP contribution in [0, 0.1) is 5.82 Å². The molecule has 0 aliphatic rings. The van der Waals surface area contributed by atoms with Gasteiger partial charge in [0.15, 0.2) is 0 Å². The zero-order chi connectivity index (χ0) is 12.2. The summed E-state index contributed by atoms with van der Waals surface area (Å²) in [7, 11) is 5.99. The molecule has 0 radical (unpaired) electrons. The van der Waals surface area contributed by atoms with E-state index in [1.54, 1.807) is 6.07 Å². The molecule has 0 heterocycles. The number of likely N-dealkylation sites (N-methyl/N-ethyl adjacent to an activating group) is 1. The number of halogens is 2. The number of hydrogen-bond acceptors (Lipinski definition) is 2. The summed E-state index contributed by atoms with van der Waals surface area (Å²) in [4.78, 5) is 11.5. The molecule has 0 aliphatic heterocycles. The normalized spacial score (nSPS) is 10.6. The van der Waals surface area contributed by atoms with Gasteiger partial charge in [0.2, 0.25) is 0 Å². The van der Waals surface area contributed by atoms with Gasteiger partial charge < -0.3 is 33.2 Å². The number of quaternary nitrogens is 1. The smallest absolute Gasteiger partial charge is 0.341 e. The van der Waals surface area contributed by atoms with E-state index in [-0.39, 0.29) is 36.1 Å². The highest BCUT2D eigenvalue weighted by atomic mass is 127. The van der Waals surface area contributed by atoms with Crippen molar-refractivity contribution >= 4 is 5.97 Å². The Bertz CT molecular complexity index is 377. The van der Waals surface area contributed by atoms with Gasteiger partial charge in [-0.05, 0) is 12.1 Å². The summed E-state index contributed by atoms with van der Waals surface area (Å²) in [6.45, 7) is 0.983. The van der Waals surface area contributed by atoms with Crippen LogP contribution in [0.15, 0.2) is 24.3 Å². The molecule has 1 aromatic rings. The zero-order valence-electron chi connectivity index (χ0n) is 10.2. The van der Waals surface area contributed by atoms with Gasteiger partial charge in [0.25, 0.3) is 0 Å². The number of ether oxygens (including phenoxy) is 1. The molecule has 0 unspecified atom stereocenters. The number of carbonyl (C=O) groups is 1. The Morgan fingerprint density at radius 2 is 1.88 bits per heavy atom. The molecule has 0 N–H and O–H groups in total. The highest BCUT2D eigenvalue weighted by Crippen LogP contribution is 2.07. The second-order valence-corrected chi connectivity index (χ2v) is 4.63. The molecule has 17 heavy (non-hydrogen) atoms. The van der Waals surface area contributed by atoms with Crippen LogP contribution in [0.2, 0.25) is 0 Å². The summed E-state index contributed by atoms with van der Waals surface area (Å²) in [5.41, 5.74) is -0.0103. The molecule has 0 amide bonds. The Morgan fingerprint density at radius 1 is 1.29 bits per heavy atom. The Balaban J connectivity index is 0.00000256. The van der Waals surface area contributed by atoms with Gasteiger partial charge in [0.1, 0.15) is 19.0 Å². The summed E-state index contributed by atoms with van der Waals surface area (Å²) in [6, 6.07) is 5.82. The lowest BCUT2D eigenvalue weighted by Crippen LogP contribution is -3.00. The number of rotatable bonds is 4. The van der Waals surface area contributed by atoms with E-state index in [1.165, 1.54) is 18.2 Å². The number of hydrogen-bond donors (Lipinski definition) is 0. The predicted octanol–water partition coefficient (Wildman–Crippen LogP) is -1.31. The Labute approximate surface area is 118 Å². The predicted molar refractivity (Wildman–Crippen MR) is 59.6 cm³/mol. The second-order valence-electron chi connectivity index (χ2n) is 4.63. The first kappa shape index (κ1) is 16.3. The molecule has 0 fully saturated rings. The van der Waals surface area contributed by atoms with E-state index in [2.05, 4.69) is 0 Å². The molecule has 0 bridgehead atoms. The van der Waals surface area contributed by atoms with Gasteiger partial charge in [0.05, 0.1) is 26.7 Å². The van der Waals surface area contributed by atoms with Crippen molar-refractivity contribution in [2.75, 3.05) is 34.3 Å². The standard InChI is InChI=1S/C12H17FNO2.HI/c1-14(2,3)8-9-16-12(15)10-6-4-5-7-11(10)13;/h4-7H,8-9H2,1-3H3;1H/q+1;/p-1. The fourth-order valence-electron chi connectivity index (χ4n) is 1.12. The maximum Gasteiger partial charge on any atom is 0.341 e. The number of benzene rings is 1. The van der Waals surface area contributed by atoms with Gasteiger partial charge >= 0.3 is 5.97 Å². The molecule has 0 spiro atoms. The number of nitrogens with zero attached hydrogens (tertiary/aromatic N) is 1. The van der Waals surface area contributed by atoms with E-state index in [0.717, 1.165) is 0 Å². The highest BCUT2D eigenvalue weighted by Gasteiger charge is 2.14. The first-order valence-corrected chi connectivity index (χ1v) is 5.12. The van der Waals surface area contributed by atoms with Crippen LogP contribution >= 0.6 is 0 Å². The average molecular weight is 353 g/mol. The minimum Gasteiger partial charge on any atom is -1.00 e. The molecule has 1 rings (SSSR count). The minimum absolute atomic E-state index is 0. The van der Waals surface area contributed by atoms with Gasteiger partial charge in [-0.1, -0.05) is 12.1 Å². The van der Waals surface area contributed by atoms with Crippen LogP contribution in [0.4, 0.5) is 4.39 Å². The topological polar surface area (TPSA) is 26.3 Å². The lowest BCUT2D eigenvalue weighted by molar-refractivity contribution is -0.870. The Morgan fingerprint density at radius 3 is 2.41 bits per heavy atom. The van der Waals surface area contributed by atoms with Crippen LogP contribution in [0.1, 0.15) is 10.4 Å². The molecule has 0 atom stereocenters. The molecule has 0 saturated heterocycles. The van der Waals surface area contributed by atoms with Crippen molar-refractivity contribution in [2.24, 2.45) is 0 Å². The molecule has 0 saturated carbocycles. The van der Waals surface area contributed by atoms with Crippen LogP contribution < -0.4 is 24.0 Å². The third-order valence-electron chi connectivity index (χ3n) is 2.09. The lowest BCUT2D eigenvalue weighted by Gasteiger charge is -2.23. The average Bonchev–Trinajstić information content (AvgIpc) is 2.16. The van der Waals surface area contributed by atoms with Gasteiger partial charge in [-0.2, -0.15) is 0 Å². The van der Waals surface area contributed by atoms with E-state index in [1.807, 2.05) is 21.1 Å². The largest absolute Gasteiger partial charge is 1.00 e. The van der Waals surface area contributed by atoms with Crippen molar-refractivity contribution in [3.8, 4) is 0 Å². The summed E-state index contributed by atoms with van der Waals surface area (Å²) < 4.78 is 18.9. The van der Waals surface area contributed by atoms with E-state index < -0.39 is 11.8 Å². The van der Waals surface area contributed by atoms with E-state index >= 15 is 0 Å². The van der Waals surface area contributed by atoms with Crippen LogP contribution in [0.3, 0.4) is 0 Å². The van der Waals surface area contributed by atoms with Gasteiger partial charge in [-0.3, -0.25) is 0 Å². The fourth-order valence-corrected chi connectivity index (χ4v) is 1.12. The molecule has 5 heteroatoms.